The van der Waals surface area contributed by atoms with E-state index in [0.29, 0.717) is 11.3 Å². The van der Waals surface area contributed by atoms with Crippen molar-refractivity contribution < 1.29 is 17.7 Å². The number of nitro benzene ring substituents is 1. The quantitative estimate of drug-likeness (QED) is 0.408. The molecular weight excluding hydrogens is 387 g/mol. The van der Waals surface area contributed by atoms with Gasteiger partial charge < -0.3 is 0 Å². The van der Waals surface area contributed by atoms with E-state index >= 15 is 0 Å². The van der Waals surface area contributed by atoms with Gasteiger partial charge in [0.2, 0.25) is 10.0 Å². The first-order valence-corrected chi connectivity index (χ1v) is 9.99. The summed E-state index contributed by atoms with van der Waals surface area (Å²) in [6.45, 7) is 5.48. The summed E-state index contributed by atoms with van der Waals surface area (Å²) < 4.78 is 40.1. The van der Waals surface area contributed by atoms with E-state index in [2.05, 4.69) is 10.5 Å². The van der Waals surface area contributed by atoms with Crippen LogP contribution in [0.25, 0.3) is 0 Å². The van der Waals surface area contributed by atoms with E-state index in [-0.39, 0.29) is 35.2 Å². The van der Waals surface area contributed by atoms with Gasteiger partial charge in [-0.05, 0) is 30.7 Å². The highest BCUT2D eigenvalue weighted by Gasteiger charge is 2.27. The number of benzene rings is 2. The highest BCUT2D eigenvalue weighted by Crippen LogP contribution is 2.29. The number of rotatable bonds is 8. The highest BCUT2D eigenvalue weighted by molar-refractivity contribution is 7.89. The summed E-state index contributed by atoms with van der Waals surface area (Å²) in [7, 11) is -3.96. The third-order valence-electron chi connectivity index (χ3n) is 4.11. The number of anilines is 1. The van der Waals surface area contributed by atoms with E-state index in [9.17, 15) is 22.9 Å². The predicted octanol–water partition coefficient (Wildman–Crippen LogP) is 3.60. The Morgan fingerprint density at radius 1 is 1.18 bits per heavy atom. The van der Waals surface area contributed by atoms with Crippen LogP contribution in [0.4, 0.5) is 15.8 Å². The molecule has 0 radical (unpaired) electrons. The van der Waals surface area contributed by atoms with Crippen LogP contribution in [0.1, 0.15) is 26.3 Å². The molecule has 2 aromatic rings. The number of sulfonamides is 1. The van der Waals surface area contributed by atoms with Gasteiger partial charge >= 0.3 is 0 Å². The highest BCUT2D eigenvalue weighted by atomic mass is 32.2. The minimum absolute atomic E-state index is 0.110. The molecule has 1 N–H and O–H groups in total. The summed E-state index contributed by atoms with van der Waals surface area (Å²) in [6.07, 6.45) is 0. The zero-order valence-electron chi connectivity index (χ0n) is 15.7. The van der Waals surface area contributed by atoms with Crippen LogP contribution in [0.5, 0.6) is 0 Å². The first kappa shape index (κ1) is 21.5. The molecule has 150 valence electrons. The number of hydrazone groups is 1. The Morgan fingerprint density at radius 2 is 1.79 bits per heavy atom. The van der Waals surface area contributed by atoms with Crippen LogP contribution in [-0.2, 0) is 10.0 Å². The molecule has 0 atom stereocenters. The van der Waals surface area contributed by atoms with E-state index in [1.165, 1.54) is 28.6 Å². The molecule has 0 aliphatic rings. The average molecular weight is 408 g/mol. The van der Waals surface area contributed by atoms with Crippen molar-refractivity contribution in [2.75, 3.05) is 18.5 Å². The molecule has 0 bridgehead atoms. The van der Waals surface area contributed by atoms with Crippen molar-refractivity contribution in [1.29, 1.82) is 0 Å². The third kappa shape index (κ3) is 4.70. The molecule has 2 aromatic carbocycles. The number of non-ortho nitro benzene ring substituents is 1. The molecule has 0 fully saturated rings. The Kier molecular flexibility index (Phi) is 6.81. The van der Waals surface area contributed by atoms with Gasteiger partial charge in [-0.1, -0.05) is 26.0 Å². The summed E-state index contributed by atoms with van der Waals surface area (Å²) in [5, 5.41) is 15.2. The third-order valence-corrected chi connectivity index (χ3v) is 6.20. The van der Waals surface area contributed by atoms with Crippen LogP contribution >= 0.6 is 0 Å². The maximum Gasteiger partial charge on any atom is 0.270 e. The fourth-order valence-corrected chi connectivity index (χ4v) is 4.15. The Morgan fingerprint density at radius 3 is 2.32 bits per heavy atom. The lowest BCUT2D eigenvalue weighted by molar-refractivity contribution is -0.385. The summed E-state index contributed by atoms with van der Waals surface area (Å²) >= 11 is 0. The zero-order chi connectivity index (χ0) is 20.9. The molecule has 0 aliphatic carbocycles. The molecule has 0 heterocycles. The van der Waals surface area contributed by atoms with Crippen LogP contribution in [0, 0.1) is 15.9 Å². The minimum atomic E-state index is -3.96. The number of nitro groups is 1. The molecular formula is C18H21FN4O4S. The molecule has 0 saturated heterocycles. The summed E-state index contributed by atoms with van der Waals surface area (Å²) in [6, 6.07) is 9.17. The van der Waals surface area contributed by atoms with E-state index in [1.807, 2.05) is 0 Å². The number of hydrogen-bond donors (Lipinski definition) is 1. The van der Waals surface area contributed by atoms with Crippen LogP contribution in [0.3, 0.4) is 0 Å². The van der Waals surface area contributed by atoms with Gasteiger partial charge in [0, 0.05) is 25.2 Å². The van der Waals surface area contributed by atoms with Gasteiger partial charge in [-0.3, -0.25) is 15.5 Å². The van der Waals surface area contributed by atoms with Gasteiger partial charge in [0.25, 0.3) is 5.69 Å². The fraction of sp³-hybridized carbons (Fsp3) is 0.278. The zero-order valence-corrected chi connectivity index (χ0v) is 16.5. The average Bonchev–Trinajstić information content (AvgIpc) is 2.67. The van der Waals surface area contributed by atoms with Crippen molar-refractivity contribution in [3.8, 4) is 0 Å². The molecule has 0 saturated carbocycles. The lowest BCUT2D eigenvalue weighted by atomic mass is 10.1. The second-order valence-electron chi connectivity index (χ2n) is 5.84. The molecule has 0 aliphatic heterocycles. The van der Waals surface area contributed by atoms with Gasteiger partial charge in [-0.2, -0.15) is 9.41 Å². The summed E-state index contributed by atoms with van der Waals surface area (Å²) in [5.74, 6) is -0.382. The number of nitrogens with zero attached hydrogens (tertiary/aromatic N) is 3. The van der Waals surface area contributed by atoms with Crippen molar-refractivity contribution >= 4 is 27.1 Å². The fourth-order valence-electron chi connectivity index (χ4n) is 2.53. The topological polar surface area (TPSA) is 105 Å². The Labute approximate surface area is 162 Å². The predicted molar refractivity (Wildman–Crippen MR) is 105 cm³/mol. The monoisotopic (exact) mass is 408 g/mol. The van der Waals surface area contributed by atoms with E-state index in [4.69, 9.17) is 0 Å². The molecule has 0 spiro atoms. The molecule has 0 unspecified atom stereocenters. The second-order valence-corrected chi connectivity index (χ2v) is 7.75. The lowest BCUT2D eigenvalue weighted by Crippen LogP contribution is -2.31. The van der Waals surface area contributed by atoms with Crippen LogP contribution < -0.4 is 5.43 Å². The largest absolute Gasteiger partial charge is 0.277 e. The second kappa shape index (κ2) is 8.89. The van der Waals surface area contributed by atoms with Crippen molar-refractivity contribution in [2.45, 2.75) is 25.7 Å². The van der Waals surface area contributed by atoms with Crippen molar-refractivity contribution in [3.63, 3.8) is 0 Å². The SMILES string of the molecule is CCN(CC)S(=O)(=O)c1cc([N+](=O)[O-])ccc1NN=C(C)c1ccc(F)cc1. The molecule has 0 amide bonds. The van der Waals surface area contributed by atoms with Crippen LogP contribution in [-0.4, -0.2) is 36.4 Å². The van der Waals surface area contributed by atoms with Crippen molar-refractivity contribution in [2.24, 2.45) is 5.10 Å². The minimum Gasteiger partial charge on any atom is -0.277 e. The molecule has 28 heavy (non-hydrogen) atoms. The van der Waals surface area contributed by atoms with Gasteiger partial charge in [-0.25, -0.2) is 12.8 Å². The maximum absolute atomic E-state index is 13.0. The molecule has 8 nitrogen and oxygen atoms in total. The first-order valence-electron chi connectivity index (χ1n) is 8.55. The Bertz CT molecular complexity index is 987. The molecule has 2 rings (SSSR count). The molecule has 10 heteroatoms. The van der Waals surface area contributed by atoms with E-state index in [0.717, 1.165) is 6.07 Å². The maximum atomic E-state index is 13.0. The Balaban J connectivity index is 2.47. The van der Waals surface area contributed by atoms with Crippen molar-refractivity contribution in [1.82, 2.24) is 4.31 Å². The summed E-state index contributed by atoms with van der Waals surface area (Å²) in [5.41, 5.74) is 3.57. The molecule has 0 aromatic heterocycles. The van der Waals surface area contributed by atoms with E-state index in [1.54, 1.807) is 32.9 Å². The summed E-state index contributed by atoms with van der Waals surface area (Å²) in [4.78, 5) is 10.2. The number of halogens is 1. The normalized spacial score (nSPS) is 12.2. The first-order chi connectivity index (χ1) is 13.2. The Hall–Kier alpha value is -2.85. The van der Waals surface area contributed by atoms with Gasteiger partial charge in [0.1, 0.15) is 10.7 Å². The van der Waals surface area contributed by atoms with Gasteiger partial charge in [-0.15, -0.1) is 0 Å². The standard InChI is InChI=1S/C18H21FN4O4S/c1-4-22(5-2)28(26,27)18-12-16(23(24)25)10-11-17(18)21-20-13(3)14-6-8-15(19)9-7-14/h6-12,21H,4-5H2,1-3H3. The number of hydrogen-bond acceptors (Lipinski definition) is 6. The lowest BCUT2D eigenvalue weighted by Gasteiger charge is -2.20. The van der Waals surface area contributed by atoms with Crippen LogP contribution in [0.2, 0.25) is 0 Å². The van der Waals surface area contributed by atoms with Crippen molar-refractivity contribution in [3.05, 3.63) is 64.0 Å². The van der Waals surface area contributed by atoms with E-state index < -0.39 is 14.9 Å². The van der Waals surface area contributed by atoms with Crippen LogP contribution in [0.15, 0.2) is 52.5 Å². The van der Waals surface area contributed by atoms with Gasteiger partial charge in [0.15, 0.2) is 0 Å². The smallest absolute Gasteiger partial charge is 0.270 e. The van der Waals surface area contributed by atoms with Gasteiger partial charge in [0.05, 0.1) is 16.3 Å². The number of nitrogens with one attached hydrogen (secondary N) is 1.